The largest absolute Gasteiger partial charge is 0.383 e. The van der Waals surface area contributed by atoms with Crippen LogP contribution in [0, 0.1) is 0 Å². The lowest BCUT2D eigenvalue weighted by Gasteiger charge is -2.17. The van der Waals surface area contributed by atoms with Gasteiger partial charge in [0.25, 0.3) is 0 Å². The summed E-state index contributed by atoms with van der Waals surface area (Å²) in [4.78, 5) is 13.2. The molecule has 0 aromatic carbocycles. The molecule has 1 atom stereocenters. The lowest BCUT2D eigenvalue weighted by molar-refractivity contribution is -0.119. The van der Waals surface area contributed by atoms with Crippen molar-refractivity contribution in [2.45, 2.75) is 18.9 Å². The summed E-state index contributed by atoms with van der Waals surface area (Å²) >= 11 is 0. The van der Waals surface area contributed by atoms with Gasteiger partial charge in [-0.3, -0.25) is 4.79 Å². The van der Waals surface area contributed by atoms with Crippen LogP contribution in [-0.4, -0.2) is 63.8 Å². The molecule has 1 amide bonds. The number of carbonyl (C=O) groups excluding carboxylic acids is 1. The van der Waals surface area contributed by atoms with Crippen molar-refractivity contribution in [2.75, 3.05) is 46.9 Å². The highest BCUT2D eigenvalue weighted by atomic mass is 16.5. The van der Waals surface area contributed by atoms with Gasteiger partial charge in [-0.2, -0.15) is 0 Å². The number of hydrogen-bond donors (Lipinski definition) is 2. The minimum absolute atomic E-state index is 0.184. The highest BCUT2D eigenvalue weighted by molar-refractivity contribution is 5.78. The number of nitrogens with zero attached hydrogens (tertiary/aromatic N) is 1. The van der Waals surface area contributed by atoms with Crippen LogP contribution < -0.4 is 10.6 Å². The van der Waals surface area contributed by atoms with Gasteiger partial charge in [0, 0.05) is 45.8 Å². The summed E-state index contributed by atoms with van der Waals surface area (Å²) in [5.74, 6) is 0.184. The van der Waals surface area contributed by atoms with Gasteiger partial charge in [0.05, 0.1) is 6.61 Å². The SMILES string of the molecule is COCCN(C)CCNCC1CCC(=O)N1. The molecule has 1 heterocycles. The third-order valence-corrected chi connectivity index (χ3v) is 2.82. The van der Waals surface area contributed by atoms with Crippen LogP contribution >= 0.6 is 0 Å². The van der Waals surface area contributed by atoms with Crippen LogP contribution in [0.1, 0.15) is 12.8 Å². The maximum Gasteiger partial charge on any atom is 0.220 e. The van der Waals surface area contributed by atoms with Crippen molar-refractivity contribution in [1.29, 1.82) is 0 Å². The molecule has 1 fully saturated rings. The Morgan fingerprint density at radius 3 is 3.00 bits per heavy atom. The van der Waals surface area contributed by atoms with E-state index in [2.05, 4.69) is 22.6 Å². The lowest BCUT2D eigenvalue weighted by atomic mass is 10.2. The van der Waals surface area contributed by atoms with E-state index in [0.29, 0.717) is 12.5 Å². The van der Waals surface area contributed by atoms with Crippen molar-refractivity contribution in [1.82, 2.24) is 15.5 Å². The molecule has 0 bridgehead atoms. The molecule has 1 aliphatic rings. The van der Waals surface area contributed by atoms with E-state index in [1.807, 2.05) is 0 Å². The van der Waals surface area contributed by atoms with Crippen molar-refractivity contribution >= 4 is 5.91 Å². The number of rotatable bonds is 8. The predicted octanol–water partition coefficient (Wildman–Crippen LogP) is -0.567. The summed E-state index contributed by atoms with van der Waals surface area (Å²) in [6.07, 6.45) is 1.64. The minimum Gasteiger partial charge on any atom is -0.383 e. The summed E-state index contributed by atoms with van der Waals surface area (Å²) in [7, 11) is 3.80. The van der Waals surface area contributed by atoms with E-state index in [9.17, 15) is 4.79 Å². The zero-order valence-corrected chi connectivity index (χ0v) is 10.3. The minimum atomic E-state index is 0.184. The normalized spacial score (nSPS) is 20.4. The van der Waals surface area contributed by atoms with Gasteiger partial charge in [0.1, 0.15) is 0 Å². The summed E-state index contributed by atoms with van der Waals surface area (Å²) in [5.41, 5.74) is 0. The van der Waals surface area contributed by atoms with E-state index in [-0.39, 0.29) is 5.91 Å². The van der Waals surface area contributed by atoms with E-state index in [1.165, 1.54) is 0 Å². The van der Waals surface area contributed by atoms with Gasteiger partial charge < -0.3 is 20.3 Å². The van der Waals surface area contributed by atoms with E-state index in [0.717, 1.165) is 39.2 Å². The molecule has 0 radical (unpaired) electrons. The Bertz CT molecular complexity index is 211. The van der Waals surface area contributed by atoms with Crippen LogP contribution in [0.15, 0.2) is 0 Å². The third-order valence-electron chi connectivity index (χ3n) is 2.82. The summed E-state index contributed by atoms with van der Waals surface area (Å²) in [6.45, 7) is 4.56. The zero-order chi connectivity index (χ0) is 11.8. The molecule has 5 heteroatoms. The molecule has 1 rings (SSSR count). The molecule has 94 valence electrons. The number of likely N-dealkylation sites (N-methyl/N-ethyl adjacent to an activating group) is 1. The second-order valence-electron chi connectivity index (χ2n) is 4.30. The number of amides is 1. The van der Waals surface area contributed by atoms with E-state index in [1.54, 1.807) is 7.11 Å². The van der Waals surface area contributed by atoms with Crippen molar-refractivity contribution in [3.8, 4) is 0 Å². The molecule has 16 heavy (non-hydrogen) atoms. The van der Waals surface area contributed by atoms with Gasteiger partial charge in [-0.05, 0) is 13.5 Å². The Labute approximate surface area is 97.5 Å². The average molecular weight is 229 g/mol. The fraction of sp³-hybridized carbons (Fsp3) is 0.909. The number of methoxy groups -OCH3 is 1. The maximum atomic E-state index is 11.0. The third kappa shape index (κ3) is 5.44. The van der Waals surface area contributed by atoms with E-state index in [4.69, 9.17) is 4.74 Å². The molecule has 1 unspecified atom stereocenters. The van der Waals surface area contributed by atoms with Gasteiger partial charge in [-0.15, -0.1) is 0 Å². The second kappa shape index (κ2) is 7.60. The van der Waals surface area contributed by atoms with Crippen molar-refractivity contribution < 1.29 is 9.53 Å². The zero-order valence-electron chi connectivity index (χ0n) is 10.3. The summed E-state index contributed by atoms with van der Waals surface area (Å²) in [6, 6.07) is 0.330. The van der Waals surface area contributed by atoms with Crippen LogP contribution in [0.4, 0.5) is 0 Å². The van der Waals surface area contributed by atoms with Crippen LogP contribution in [0.3, 0.4) is 0 Å². The number of nitrogens with one attached hydrogen (secondary N) is 2. The molecule has 1 aliphatic heterocycles. The van der Waals surface area contributed by atoms with Gasteiger partial charge in [-0.1, -0.05) is 0 Å². The monoisotopic (exact) mass is 229 g/mol. The first kappa shape index (κ1) is 13.4. The topological polar surface area (TPSA) is 53.6 Å². The second-order valence-corrected chi connectivity index (χ2v) is 4.30. The fourth-order valence-electron chi connectivity index (χ4n) is 1.74. The molecular formula is C11H23N3O2. The first-order valence-electron chi connectivity index (χ1n) is 5.90. The van der Waals surface area contributed by atoms with Crippen LogP contribution in [0.5, 0.6) is 0 Å². The highest BCUT2D eigenvalue weighted by Gasteiger charge is 2.19. The number of ether oxygens (including phenoxy) is 1. The van der Waals surface area contributed by atoms with Crippen molar-refractivity contribution in [3.05, 3.63) is 0 Å². The Morgan fingerprint density at radius 1 is 1.56 bits per heavy atom. The molecule has 0 saturated carbocycles. The Morgan fingerprint density at radius 2 is 2.38 bits per heavy atom. The average Bonchev–Trinajstić information content (AvgIpc) is 2.67. The van der Waals surface area contributed by atoms with Gasteiger partial charge >= 0.3 is 0 Å². The summed E-state index contributed by atoms with van der Waals surface area (Å²) < 4.78 is 5.00. The van der Waals surface area contributed by atoms with E-state index >= 15 is 0 Å². The molecule has 0 aliphatic carbocycles. The van der Waals surface area contributed by atoms with Gasteiger partial charge in [0.15, 0.2) is 0 Å². The Hall–Kier alpha value is -0.650. The van der Waals surface area contributed by atoms with Gasteiger partial charge in [-0.25, -0.2) is 0 Å². The first-order chi connectivity index (χ1) is 7.72. The van der Waals surface area contributed by atoms with Crippen LogP contribution in [-0.2, 0) is 9.53 Å². The standard InChI is InChI=1S/C11H23N3O2/c1-14(7-8-16-2)6-5-12-9-10-3-4-11(15)13-10/h10,12H,3-9H2,1-2H3,(H,13,15). The number of hydrogen-bond acceptors (Lipinski definition) is 4. The van der Waals surface area contributed by atoms with E-state index < -0.39 is 0 Å². The fourth-order valence-corrected chi connectivity index (χ4v) is 1.74. The smallest absolute Gasteiger partial charge is 0.220 e. The Balaban J connectivity index is 1.93. The highest BCUT2D eigenvalue weighted by Crippen LogP contribution is 2.04. The molecule has 0 spiro atoms. The quantitative estimate of drug-likeness (QED) is 0.548. The molecule has 0 aromatic heterocycles. The van der Waals surface area contributed by atoms with Crippen molar-refractivity contribution in [3.63, 3.8) is 0 Å². The van der Waals surface area contributed by atoms with Crippen LogP contribution in [0.25, 0.3) is 0 Å². The molecule has 1 saturated heterocycles. The molecule has 2 N–H and O–H groups in total. The predicted molar refractivity (Wildman–Crippen MR) is 63.4 cm³/mol. The summed E-state index contributed by atoms with van der Waals surface area (Å²) in [5, 5.41) is 6.30. The maximum absolute atomic E-state index is 11.0. The molecule has 5 nitrogen and oxygen atoms in total. The molecular weight excluding hydrogens is 206 g/mol. The van der Waals surface area contributed by atoms with Gasteiger partial charge in [0.2, 0.25) is 5.91 Å². The first-order valence-corrected chi connectivity index (χ1v) is 5.90. The lowest BCUT2D eigenvalue weighted by Crippen LogP contribution is -2.39. The molecule has 0 aromatic rings. The Kier molecular flexibility index (Phi) is 6.37. The van der Waals surface area contributed by atoms with Crippen molar-refractivity contribution in [2.24, 2.45) is 0 Å². The number of carbonyl (C=O) groups is 1. The van der Waals surface area contributed by atoms with Crippen LogP contribution in [0.2, 0.25) is 0 Å².